The van der Waals surface area contributed by atoms with Gasteiger partial charge in [0, 0.05) is 37.2 Å². The molecule has 22 heavy (non-hydrogen) atoms. The molecule has 2 N–H and O–H groups in total. The van der Waals surface area contributed by atoms with E-state index in [9.17, 15) is 0 Å². The Balaban J connectivity index is 1.89. The molecule has 0 saturated heterocycles. The van der Waals surface area contributed by atoms with Crippen LogP contribution in [0.1, 0.15) is 17.7 Å². The number of rotatable bonds is 8. The van der Waals surface area contributed by atoms with Gasteiger partial charge in [0.2, 0.25) is 5.95 Å². The lowest BCUT2D eigenvalue weighted by molar-refractivity contribution is 0.405. The third-order valence-corrected chi connectivity index (χ3v) is 3.12. The molecule has 0 unspecified atom stereocenters. The van der Waals surface area contributed by atoms with Crippen molar-refractivity contribution in [1.82, 2.24) is 19.9 Å². The van der Waals surface area contributed by atoms with Crippen LogP contribution in [-0.2, 0) is 6.54 Å². The molecule has 2 rings (SSSR count). The van der Waals surface area contributed by atoms with E-state index in [4.69, 9.17) is 0 Å². The van der Waals surface area contributed by atoms with Crippen molar-refractivity contribution in [2.45, 2.75) is 19.9 Å². The molecule has 0 spiro atoms. The van der Waals surface area contributed by atoms with Crippen LogP contribution in [0, 0.1) is 6.92 Å². The first-order valence-corrected chi connectivity index (χ1v) is 7.50. The summed E-state index contributed by atoms with van der Waals surface area (Å²) in [6, 6.07) is 5.91. The molecule has 2 aromatic rings. The zero-order valence-electron chi connectivity index (χ0n) is 13.5. The van der Waals surface area contributed by atoms with Gasteiger partial charge in [-0.05, 0) is 45.6 Å². The van der Waals surface area contributed by atoms with Crippen molar-refractivity contribution in [2.24, 2.45) is 0 Å². The van der Waals surface area contributed by atoms with E-state index in [-0.39, 0.29) is 0 Å². The van der Waals surface area contributed by atoms with Crippen LogP contribution < -0.4 is 10.6 Å². The van der Waals surface area contributed by atoms with E-state index in [1.165, 1.54) is 0 Å². The van der Waals surface area contributed by atoms with Crippen molar-refractivity contribution >= 4 is 11.8 Å². The van der Waals surface area contributed by atoms with Crippen molar-refractivity contribution in [3.8, 4) is 0 Å². The number of aryl methyl sites for hydroxylation is 1. The molecule has 2 heterocycles. The van der Waals surface area contributed by atoms with E-state index >= 15 is 0 Å². The zero-order chi connectivity index (χ0) is 15.8. The number of aromatic nitrogens is 3. The molecule has 0 amide bonds. The fourth-order valence-corrected chi connectivity index (χ4v) is 2.03. The first kappa shape index (κ1) is 16.2. The number of nitrogens with zero attached hydrogens (tertiary/aromatic N) is 4. The third-order valence-electron chi connectivity index (χ3n) is 3.12. The second-order valence-electron chi connectivity index (χ2n) is 5.52. The van der Waals surface area contributed by atoms with Crippen LogP contribution in [0.2, 0.25) is 0 Å². The summed E-state index contributed by atoms with van der Waals surface area (Å²) in [7, 11) is 4.15. The summed E-state index contributed by atoms with van der Waals surface area (Å²) >= 11 is 0. The van der Waals surface area contributed by atoms with Crippen LogP contribution in [0.15, 0.2) is 30.6 Å². The van der Waals surface area contributed by atoms with E-state index in [0.29, 0.717) is 12.5 Å². The molecule has 2 aromatic heterocycles. The quantitative estimate of drug-likeness (QED) is 0.728. The monoisotopic (exact) mass is 300 g/mol. The molecule has 0 aliphatic carbocycles. The van der Waals surface area contributed by atoms with Gasteiger partial charge >= 0.3 is 0 Å². The number of nitrogens with one attached hydrogen (secondary N) is 2. The molecule has 0 atom stereocenters. The predicted molar refractivity (Wildman–Crippen MR) is 90.0 cm³/mol. The van der Waals surface area contributed by atoms with E-state index in [2.05, 4.69) is 44.6 Å². The summed E-state index contributed by atoms with van der Waals surface area (Å²) in [5.41, 5.74) is 2.07. The van der Waals surface area contributed by atoms with Gasteiger partial charge in [-0.25, -0.2) is 4.98 Å². The van der Waals surface area contributed by atoms with Gasteiger partial charge in [-0.1, -0.05) is 6.07 Å². The number of hydrogen-bond acceptors (Lipinski definition) is 6. The Morgan fingerprint density at radius 2 is 2.05 bits per heavy atom. The lowest BCUT2D eigenvalue weighted by Gasteiger charge is -2.11. The summed E-state index contributed by atoms with van der Waals surface area (Å²) in [5.74, 6) is 1.50. The highest BCUT2D eigenvalue weighted by molar-refractivity contribution is 5.42. The topological polar surface area (TPSA) is 66.0 Å². The molecular formula is C16H24N6. The van der Waals surface area contributed by atoms with Gasteiger partial charge in [0.05, 0.1) is 0 Å². The highest BCUT2D eigenvalue weighted by Gasteiger charge is 2.02. The maximum atomic E-state index is 4.50. The van der Waals surface area contributed by atoms with Gasteiger partial charge in [-0.15, -0.1) is 0 Å². The lowest BCUT2D eigenvalue weighted by atomic mass is 10.3. The largest absolute Gasteiger partial charge is 0.366 e. The minimum absolute atomic E-state index is 0.674. The molecule has 6 nitrogen and oxygen atoms in total. The van der Waals surface area contributed by atoms with Crippen LogP contribution in [-0.4, -0.2) is 47.0 Å². The number of hydrogen-bond donors (Lipinski definition) is 2. The molecule has 0 aliphatic rings. The van der Waals surface area contributed by atoms with Gasteiger partial charge in [-0.3, -0.25) is 4.98 Å². The van der Waals surface area contributed by atoms with Crippen molar-refractivity contribution < 1.29 is 0 Å². The summed E-state index contributed by atoms with van der Waals surface area (Å²) in [4.78, 5) is 15.2. The summed E-state index contributed by atoms with van der Waals surface area (Å²) < 4.78 is 0. The molecule has 0 fully saturated rings. The van der Waals surface area contributed by atoms with Crippen LogP contribution >= 0.6 is 0 Å². The molecule has 0 aromatic carbocycles. The summed E-state index contributed by atoms with van der Waals surface area (Å²) in [6.45, 7) is 4.58. The minimum Gasteiger partial charge on any atom is -0.366 e. The Morgan fingerprint density at radius 3 is 2.77 bits per heavy atom. The van der Waals surface area contributed by atoms with Crippen molar-refractivity contribution in [3.63, 3.8) is 0 Å². The second kappa shape index (κ2) is 8.29. The smallest absolute Gasteiger partial charge is 0.224 e. The Kier molecular flexibility index (Phi) is 6.09. The number of pyridine rings is 1. The minimum atomic E-state index is 0.674. The highest BCUT2D eigenvalue weighted by atomic mass is 15.1. The van der Waals surface area contributed by atoms with E-state index in [1.807, 2.05) is 31.3 Å². The average molecular weight is 300 g/mol. The normalized spacial score (nSPS) is 10.7. The maximum absolute atomic E-state index is 4.50. The average Bonchev–Trinajstić information content (AvgIpc) is 2.50. The van der Waals surface area contributed by atoms with Gasteiger partial charge in [0.25, 0.3) is 0 Å². The van der Waals surface area contributed by atoms with Crippen LogP contribution in [0.5, 0.6) is 0 Å². The molecular weight excluding hydrogens is 276 g/mol. The summed E-state index contributed by atoms with van der Waals surface area (Å²) in [5, 5.41) is 6.59. The SMILES string of the molecule is Cc1cc(NCc2cccnc2)nc(NCCCN(C)C)n1. The maximum Gasteiger partial charge on any atom is 0.224 e. The van der Waals surface area contributed by atoms with Crippen molar-refractivity contribution in [3.05, 3.63) is 41.9 Å². The zero-order valence-corrected chi connectivity index (χ0v) is 13.5. The third kappa shape index (κ3) is 5.65. The lowest BCUT2D eigenvalue weighted by Crippen LogP contribution is -2.17. The van der Waals surface area contributed by atoms with Crippen molar-refractivity contribution in [1.29, 1.82) is 0 Å². The molecule has 0 bridgehead atoms. The van der Waals surface area contributed by atoms with E-state index < -0.39 is 0 Å². The fraction of sp³-hybridized carbons (Fsp3) is 0.438. The molecule has 0 radical (unpaired) electrons. The number of anilines is 2. The Bertz CT molecular complexity index is 570. The predicted octanol–water partition coefficient (Wildman–Crippen LogP) is 2.16. The van der Waals surface area contributed by atoms with Gasteiger partial charge < -0.3 is 15.5 Å². The standard InChI is InChI=1S/C16H24N6/c1-13-10-15(19-12-14-6-4-7-17-11-14)21-16(20-13)18-8-5-9-22(2)3/h4,6-7,10-11H,5,8-9,12H2,1-3H3,(H2,18,19,20,21). The fourth-order valence-electron chi connectivity index (χ4n) is 2.03. The molecule has 6 heteroatoms. The van der Waals surface area contributed by atoms with Gasteiger partial charge in [-0.2, -0.15) is 4.98 Å². The van der Waals surface area contributed by atoms with E-state index in [1.54, 1.807) is 6.20 Å². The molecule has 0 aliphatic heterocycles. The Hall–Kier alpha value is -2.21. The molecule has 118 valence electrons. The van der Waals surface area contributed by atoms with Crippen LogP contribution in [0.3, 0.4) is 0 Å². The first-order valence-electron chi connectivity index (χ1n) is 7.50. The highest BCUT2D eigenvalue weighted by Crippen LogP contribution is 2.11. The first-order chi connectivity index (χ1) is 10.6. The van der Waals surface area contributed by atoms with Crippen LogP contribution in [0.25, 0.3) is 0 Å². The van der Waals surface area contributed by atoms with E-state index in [0.717, 1.165) is 36.6 Å². The van der Waals surface area contributed by atoms with Gasteiger partial charge in [0.15, 0.2) is 0 Å². The van der Waals surface area contributed by atoms with Crippen molar-refractivity contribution in [2.75, 3.05) is 37.8 Å². The van der Waals surface area contributed by atoms with Crippen LogP contribution in [0.4, 0.5) is 11.8 Å². The van der Waals surface area contributed by atoms with Gasteiger partial charge in [0.1, 0.15) is 5.82 Å². The Morgan fingerprint density at radius 1 is 1.18 bits per heavy atom. The summed E-state index contributed by atoms with van der Waals surface area (Å²) in [6.07, 6.45) is 4.68. The molecule has 0 saturated carbocycles. The second-order valence-corrected chi connectivity index (χ2v) is 5.52. The Labute approximate surface area is 132 Å².